The lowest BCUT2D eigenvalue weighted by molar-refractivity contribution is -0.133. The zero-order valence-corrected chi connectivity index (χ0v) is 14.6. The second-order valence-corrected chi connectivity index (χ2v) is 6.11. The van der Waals surface area contributed by atoms with E-state index in [9.17, 15) is 4.79 Å². The monoisotopic (exact) mass is 341 g/mol. The molecule has 0 saturated carbocycles. The maximum atomic E-state index is 12.4. The summed E-state index contributed by atoms with van der Waals surface area (Å²) >= 11 is 0. The van der Waals surface area contributed by atoms with E-state index in [1.54, 1.807) is 25.7 Å². The van der Waals surface area contributed by atoms with Crippen molar-refractivity contribution in [1.82, 2.24) is 19.9 Å². The molecular formula is C18H23N5O2. The van der Waals surface area contributed by atoms with Crippen LogP contribution in [0.3, 0.4) is 0 Å². The van der Waals surface area contributed by atoms with Crippen LogP contribution in [0, 0.1) is 6.92 Å². The van der Waals surface area contributed by atoms with E-state index in [0.717, 1.165) is 36.5 Å². The second kappa shape index (κ2) is 8.02. The molecule has 1 atom stereocenters. The highest BCUT2D eigenvalue weighted by atomic mass is 16.5. The molecule has 0 bridgehead atoms. The highest BCUT2D eigenvalue weighted by Gasteiger charge is 2.30. The van der Waals surface area contributed by atoms with Gasteiger partial charge in [0.15, 0.2) is 0 Å². The smallest absolute Gasteiger partial charge is 0.225 e. The number of aryl methyl sites for hydroxylation is 1. The van der Waals surface area contributed by atoms with Gasteiger partial charge in [-0.1, -0.05) is 6.07 Å². The first-order valence-corrected chi connectivity index (χ1v) is 8.48. The minimum atomic E-state index is -0.0246. The number of hydrogen-bond acceptors (Lipinski definition) is 6. The highest BCUT2D eigenvalue weighted by molar-refractivity contribution is 5.77. The maximum absolute atomic E-state index is 12.4. The molecule has 1 aliphatic rings. The van der Waals surface area contributed by atoms with E-state index in [2.05, 4.69) is 20.3 Å². The fraction of sp³-hybridized carbons (Fsp3) is 0.444. The zero-order valence-electron chi connectivity index (χ0n) is 14.6. The third-order valence-electron chi connectivity index (χ3n) is 4.34. The Hall–Kier alpha value is -2.54. The van der Waals surface area contributed by atoms with Crippen molar-refractivity contribution < 1.29 is 9.53 Å². The van der Waals surface area contributed by atoms with Gasteiger partial charge in [0.2, 0.25) is 5.91 Å². The predicted octanol–water partition coefficient (Wildman–Crippen LogP) is 2.62. The number of rotatable bonds is 6. The fourth-order valence-corrected chi connectivity index (χ4v) is 3.05. The van der Waals surface area contributed by atoms with Crippen LogP contribution < -0.4 is 5.32 Å². The van der Waals surface area contributed by atoms with Crippen molar-refractivity contribution in [3.63, 3.8) is 0 Å². The van der Waals surface area contributed by atoms with Crippen molar-refractivity contribution >= 4 is 17.5 Å². The highest BCUT2D eigenvalue weighted by Crippen LogP contribution is 2.31. The molecule has 2 aromatic heterocycles. The third-order valence-corrected chi connectivity index (χ3v) is 4.34. The Bertz CT molecular complexity index is 737. The average Bonchev–Trinajstić information content (AvgIpc) is 3.12. The van der Waals surface area contributed by atoms with Crippen LogP contribution in [0.2, 0.25) is 0 Å². The number of methoxy groups -OCH3 is 1. The molecule has 1 unspecified atom stereocenters. The van der Waals surface area contributed by atoms with Gasteiger partial charge in [0.05, 0.1) is 37.2 Å². The Morgan fingerprint density at radius 2 is 2.32 bits per heavy atom. The van der Waals surface area contributed by atoms with Gasteiger partial charge in [-0.2, -0.15) is 0 Å². The molecular weight excluding hydrogens is 318 g/mol. The van der Waals surface area contributed by atoms with Crippen molar-refractivity contribution in [1.29, 1.82) is 0 Å². The van der Waals surface area contributed by atoms with Crippen LogP contribution >= 0.6 is 0 Å². The number of carbonyl (C=O) groups is 1. The van der Waals surface area contributed by atoms with Crippen molar-refractivity contribution in [2.45, 2.75) is 32.2 Å². The number of carbonyl (C=O) groups excluding carboxylic acids is 1. The summed E-state index contributed by atoms with van der Waals surface area (Å²) < 4.78 is 5.02. The van der Waals surface area contributed by atoms with Crippen molar-refractivity contribution in [3.8, 4) is 0 Å². The molecule has 25 heavy (non-hydrogen) atoms. The molecule has 0 aliphatic carbocycles. The number of amides is 1. The molecule has 3 rings (SSSR count). The van der Waals surface area contributed by atoms with Gasteiger partial charge in [-0.3, -0.25) is 9.78 Å². The van der Waals surface area contributed by atoms with Gasteiger partial charge in [-0.25, -0.2) is 9.97 Å². The quantitative estimate of drug-likeness (QED) is 0.870. The molecule has 1 N–H and O–H groups in total. The molecule has 1 aliphatic heterocycles. The predicted molar refractivity (Wildman–Crippen MR) is 94.5 cm³/mol. The van der Waals surface area contributed by atoms with E-state index in [-0.39, 0.29) is 11.9 Å². The van der Waals surface area contributed by atoms with Gasteiger partial charge in [0.25, 0.3) is 0 Å². The van der Waals surface area contributed by atoms with Crippen molar-refractivity contribution in [3.05, 3.63) is 42.0 Å². The summed E-state index contributed by atoms with van der Waals surface area (Å²) in [4.78, 5) is 27.5. The zero-order chi connectivity index (χ0) is 17.6. The summed E-state index contributed by atoms with van der Waals surface area (Å²) in [6.45, 7) is 3.18. The molecule has 0 radical (unpaired) electrons. The van der Waals surface area contributed by atoms with Crippen molar-refractivity contribution in [2.24, 2.45) is 0 Å². The number of ether oxygens (including phenoxy) is 1. The number of aromatic nitrogens is 3. The Morgan fingerprint density at radius 1 is 1.44 bits per heavy atom. The van der Waals surface area contributed by atoms with Crippen LogP contribution in [0.25, 0.3) is 0 Å². The molecule has 0 aromatic carbocycles. The Balaban J connectivity index is 1.76. The lowest BCUT2D eigenvalue weighted by Gasteiger charge is -2.24. The third kappa shape index (κ3) is 4.11. The Labute approximate surface area is 147 Å². The van der Waals surface area contributed by atoms with Gasteiger partial charge >= 0.3 is 0 Å². The van der Waals surface area contributed by atoms with E-state index >= 15 is 0 Å². The molecule has 0 spiro atoms. The summed E-state index contributed by atoms with van der Waals surface area (Å²) in [6, 6.07) is 3.85. The number of hydrogen-bond donors (Lipinski definition) is 1. The fourth-order valence-electron chi connectivity index (χ4n) is 3.05. The molecule has 3 heterocycles. The number of anilines is 2. The first-order chi connectivity index (χ1) is 12.2. The molecule has 132 valence electrons. The van der Waals surface area contributed by atoms with Crippen LogP contribution in [-0.4, -0.2) is 46.0 Å². The summed E-state index contributed by atoms with van der Waals surface area (Å²) in [5, 5.41) is 3.21. The molecule has 7 nitrogen and oxygen atoms in total. The number of likely N-dealkylation sites (tertiary alicyclic amines) is 1. The van der Waals surface area contributed by atoms with E-state index in [1.807, 2.05) is 24.0 Å². The Kier molecular flexibility index (Phi) is 5.55. The van der Waals surface area contributed by atoms with Crippen molar-refractivity contribution in [2.75, 3.05) is 25.6 Å². The van der Waals surface area contributed by atoms with Gasteiger partial charge in [-0.15, -0.1) is 0 Å². The van der Waals surface area contributed by atoms with E-state index in [0.29, 0.717) is 18.8 Å². The normalized spacial score (nSPS) is 16.9. The van der Waals surface area contributed by atoms with E-state index < -0.39 is 0 Å². The van der Waals surface area contributed by atoms with Crippen LogP contribution in [0.15, 0.2) is 30.7 Å². The number of nitrogens with zero attached hydrogens (tertiary/aromatic N) is 4. The van der Waals surface area contributed by atoms with Gasteiger partial charge in [0.1, 0.15) is 11.6 Å². The topological polar surface area (TPSA) is 80.2 Å². The standard InChI is InChI=1S/C18H23N5O2/c1-13-5-3-8-20-18(13)22-16-12-19-11-14(21-16)15-6-4-9-23(15)17(24)7-10-25-2/h3,5,8,11-12,15H,4,6-7,9-10H2,1-2H3,(H,20,21,22). The van der Waals surface area contributed by atoms with Gasteiger partial charge < -0.3 is 15.0 Å². The summed E-state index contributed by atoms with van der Waals surface area (Å²) in [6.07, 6.45) is 7.42. The average molecular weight is 341 g/mol. The molecule has 7 heteroatoms. The minimum absolute atomic E-state index is 0.0246. The van der Waals surface area contributed by atoms with E-state index in [1.165, 1.54) is 0 Å². The van der Waals surface area contributed by atoms with Gasteiger partial charge in [-0.05, 0) is 31.4 Å². The minimum Gasteiger partial charge on any atom is -0.384 e. The molecule has 2 aromatic rings. The lowest BCUT2D eigenvalue weighted by Crippen LogP contribution is -2.31. The maximum Gasteiger partial charge on any atom is 0.225 e. The van der Waals surface area contributed by atoms with E-state index in [4.69, 9.17) is 4.74 Å². The second-order valence-electron chi connectivity index (χ2n) is 6.11. The molecule has 1 amide bonds. The first-order valence-electron chi connectivity index (χ1n) is 8.48. The summed E-state index contributed by atoms with van der Waals surface area (Å²) in [7, 11) is 1.61. The largest absolute Gasteiger partial charge is 0.384 e. The molecule has 1 saturated heterocycles. The first kappa shape index (κ1) is 17.3. The van der Waals surface area contributed by atoms with Crippen LogP contribution in [0.1, 0.15) is 36.6 Å². The SMILES string of the molecule is COCCC(=O)N1CCCC1c1cncc(Nc2ncccc2C)n1. The van der Waals surface area contributed by atoms with Crippen LogP contribution in [0.4, 0.5) is 11.6 Å². The number of nitrogens with one attached hydrogen (secondary N) is 1. The molecule has 1 fully saturated rings. The number of pyridine rings is 1. The Morgan fingerprint density at radius 3 is 3.12 bits per heavy atom. The summed E-state index contributed by atoms with van der Waals surface area (Å²) in [5.41, 5.74) is 1.84. The van der Waals surface area contributed by atoms with Crippen LogP contribution in [0.5, 0.6) is 0 Å². The van der Waals surface area contributed by atoms with Crippen LogP contribution in [-0.2, 0) is 9.53 Å². The lowest BCUT2D eigenvalue weighted by atomic mass is 10.1. The van der Waals surface area contributed by atoms with Gasteiger partial charge in [0, 0.05) is 19.9 Å². The summed E-state index contributed by atoms with van der Waals surface area (Å²) in [5.74, 6) is 1.49.